The summed E-state index contributed by atoms with van der Waals surface area (Å²) in [7, 11) is 3.25. The van der Waals surface area contributed by atoms with E-state index in [2.05, 4.69) is 15.6 Å². The number of benzene rings is 3. The van der Waals surface area contributed by atoms with Crippen LogP contribution in [0.4, 0.5) is 11.5 Å². The predicted octanol–water partition coefficient (Wildman–Crippen LogP) is 5.43. The Labute approximate surface area is 220 Å². The summed E-state index contributed by atoms with van der Waals surface area (Å²) in [6, 6.07) is 21.0. The smallest absolute Gasteiger partial charge is 0.234 e. The van der Waals surface area contributed by atoms with E-state index in [0.717, 1.165) is 34.5 Å². The number of para-hydroxylation sites is 1. The molecule has 1 aromatic heterocycles. The van der Waals surface area contributed by atoms with Gasteiger partial charge in [-0.05, 0) is 67.4 Å². The Balaban J connectivity index is 1.39. The molecule has 2 N–H and O–H groups in total. The summed E-state index contributed by atoms with van der Waals surface area (Å²) in [5.74, 6) is 2.97. The van der Waals surface area contributed by atoms with Crippen molar-refractivity contribution in [1.82, 2.24) is 9.97 Å². The van der Waals surface area contributed by atoms with Gasteiger partial charge >= 0.3 is 0 Å². The molecule has 9 heteroatoms. The van der Waals surface area contributed by atoms with E-state index in [-0.39, 0.29) is 11.7 Å². The topological polar surface area (TPSA) is 94.6 Å². The van der Waals surface area contributed by atoms with Gasteiger partial charge in [0.2, 0.25) is 5.91 Å². The molecule has 0 radical (unpaired) electrons. The first-order chi connectivity index (χ1) is 18.1. The third-order valence-corrected chi connectivity index (χ3v) is 6.37. The van der Waals surface area contributed by atoms with Crippen LogP contribution in [0.25, 0.3) is 10.9 Å². The Morgan fingerprint density at radius 3 is 2.49 bits per heavy atom. The summed E-state index contributed by atoms with van der Waals surface area (Å²) in [6.07, 6.45) is 0.769. The molecule has 4 aromatic rings. The van der Waals surface area contributed by atoms with E-state index >= 15 is 0 Å². The number of ether oxygens (including phenoxy) is 3. The Morgan fingerprint density at radius 1 is 0.946 bits per heavy atom. The minimum absolute atomic E-state index is 0.131. The monoisotopic (exact) mass is 518 g/mol. The molecule has 0 aliphatic rings. The maximum atomic E-state index is 12.5. The fraction of sp³-hybridized carbons (Fsp3) is 0.250. The van der Waals surface area contributed by atoms with Gasteiger partial charge in [0.15, 0.2) is 16.7 Å². The molecular formula is C28H30N4O4S. The Hall–Kier alpha value is -3.98. The molecule has 8 nitrogen and oxygen atoms in total. The van der Waals surface area contributed by atoms with Crippen LogP contribution in [0, 0.1) is 0 Å². The number of hydrogen-bond acceptors (Lipinski definition) is 8. The highest BCUT2D eigenvalue weighted by Crippen LogP contribution is 2.28. The highest BCUT2D eigenvalue weighted by atomic mass is 32.2. The lowest BCUT2D eigenvalue weighted by molar-refractivity contribution is -0.113. The number of hydrogen-bond donors (Lipinski definition) is 2. The number of thioether (sulfide) groups is 1. The fourth-order valence-corrected chi connectivity index (χ4v) is 4.40. The maximum Gasteiger partial charge on any atom is 0.234 e. The molecule has 0 bridgehead atoms. The van der Waals surface area contributed by atoms with E-state index in [1.807, 2.05) is 73.7 Å². The van der Waals surface area contributed by atoms with Crippen LogP contribution >= 0.6 is 11.8 Å². The van der Waals surface area contributed by atoms with E-state index in [4.69, 9.17) is 19.2 Å². The summed E-state index contributed by atoms with van der Waals surface area (Å²) in [6.45, 7) is 3.20. The van der Waals surface area contributed by atoms with Crippen LogP contribution in [0.1, 0.15) is 12.5 Å². The van der Waals surface area contributed by atoms with E-state index in [1.165, 1.54) is 11.8 Å². The Bertz CT molecular complexity index is 1350. The first kappa shape index (κ1) is 26.1. The molecule has 4 rings (SSSR count). The normalized spacial score (nSPS) is 10.7. The third-order valence-electron chi connectivity index (χ3n) is 5.52. The van der Waals surface area contributed by atoms with Crippen molar-refractivity contribution in [2.75, 3.05) is 43.8 Å². The van der Waals surface area contributed by atoms with Crippen LogP contribution in [-0.4, -0.2) is 49.0 Å². The summed E-state index contributed by atoms with van der Waals surface area (Å²) >= 11 is 1.30. The molecule has 0 saturated heterocycles. The van der Waals surface area contributed by atoms with Gasteiger partial charge in [0.1, 0.15) is 11.6 Å². The second kappa shape index (κ2) is 12.8. The van der Waals surface area contributed by atoms with Crippen LogP contribution in [0.3, 0.4) is 0 Å². The van der Waals surface area contributed by atoms with Crippen molar-refractivity contribution in [2.45, 2.75) is 18.5 Å². The van der Waals surface area contributed by atoms with Gasteiger partial charge in [0.25, 0.3) is 0 Å². The number of carbonyl (C=O) groups is 1. The second-order valence-electron chi connectivity index (χ2n) is 8.03. The van der Waals surface area contributed by atoms with E-state index in [1.54, 1.807) is 14.2 Å². The van der Waals surface area contributed by atoms with E-state index in [0.29, 0.717) is 35.5 Å². The number of carbonyl (C=O) groups excluding carboxylic acids is 1. The van der Waals surface area contributed by atoms with Gasteiger partial charge in [-0.15, -0.1) is 0 Å². The number of fused-ring (bicyclic) bond motifs is 1. The molecule has 0 aliphatic carbocycles. The zero-order valence-electron chi connectivity index (χ0n) is 21.1. The standard InChI is InChI=1S/C28H30N4O4S/c1-4-36-21-12-10-20(11-13-21)30-26(33)18-37-28-31-23-8-6-5-7-22(23)27(32-28)29-16-15-19-9-14-24(34-2)25(17-19)35-3/h5-14,17H,4,15-16,18H2,1-3H3,(H,30,33)(H,29,31,32). The third kappa shape index (κ3) is 7.04. The lowest BCUT2D eigenvalue weighted by Crippen LogP contribution is -2.14. The van der Waals surface area contributed by atoms with Gasteiger partial charge in [0.05, 0.1) is 32.1 Å². The number of rotatable bonds is 12. The SMILES string of the molecule is CCOc1ccc(NC(=O)CSc2nc(NCCc3ccc(OC)c(OC)c3)c3ccccc3n2)cc1. The Kier molecular flexibility index (Phi) is 9.04. The Morgan fingerprint density at radius 2 is 1.73 bits per heavy atom. The van der Waals surface area contributed by atoms with Gasteiger partial charge in [-0.2, -0.15) is 0 Å². The van der Waals surface area contributed by atoms with Gasteiger partial charge in [-0.25, -0.2) is 9.97 Å². The first-order valence-electron chi connectivity index (χ1n) is 12.0. The molecule has 0 aliphatic heterocycles. The lowest BCUT2D eigenvalue weighted by atomic mass is 10.1. The van der Waals surface area contributed by atoms with Crippen LogP contribution < -0.4 is 24.8 Å². The largest absolute Gasteiger partial charge is 0.494 e. The van der Waals surface area contributed by atoms with Crippen molar-refractivity contribution in [3.8, 4) is 17.2 Å². The molecule has 0 atom stereocenters. The predicted molar refractivity (Wildman–Crippen MR) is 148 cm³/mol. The average molecular weight is 519 g/mol. The zero-order chi connectivity index (χ0) is 26.0. The highest BCUT2D eigenvalue weighted by Gasteiger charge is 2.11. The minimum atomic E-state index is -0.131. The van der Waals surface area contributed by atoms with Crippen LogP contribution in [0.2, 0.25) is 0 Å². The van der Waals surface area contributed by atoms with Crippen molar-refractivity contribution < 1.29 is 19.0 Å². The van der Waals surface area contributed by atoms with E-state index in [9.17, 15) is 4.79 Å². The van der Waals surface area contributed by atoms with E-state index < -0.39 is 0 Å². The van der Waals surface area contributed by atoms with Crippen molar-refractivity contribution in [3.63, 3.8) is 0 Å². The number of nitrogens with one attached hydrogen (secondary N) is 2. The zero-order valence-corrected chi connectivity index (χ0v) is 21.9. The highest BCUT2D eigenvalue weighted by molar-refractivity contribution is 7.99. The first-order valence-corrected chi connectivity index (χ1v) is 12.9. The summed E-state index contributed by atoms with van der Waals surface area (Å²) in [4.78, 5) is 21.9. The summed E-state index contributed by atoms with van der Waals surface area (Å²) < 4.78 is 16.2. The number of methoxy groups -OCH3 is 2. The lowest BCUT2D eigenvalue weighted by Gasteiger charge is -2.12. The summed E-state index contributed by atoms with van der Waals surface area (Å²) in [5, 5.41) is 7.80. The number of nitrogens with zero attached hydrogens (tertiary/aromatic N) is 2. The molecule has 1 amide bonds. The van der Waals surface area contributed by atoms with Gasteiger partial charge in [0, 0.05) is 17.6 Å². The molecule has 37 heavy (non-hydrogen) atoms. The minimum Gasteiger partial charge on any atom is -0.494 e. The van der Waals surface area contributed by atoms with Crippen LogP contribution in [0.15, 0.2) is 71.9 Å². The van der Waals surface area contributed by atoms with Crippen molar-refractivity contribution >= 4 is 40.1 Å². The average Bonchev–Trinajstić information content (AvgIpc) is 2.93. The molecule has 192 valence electrons. The van der Waals surface area contributed by atoms with Crippen molar-refractivity contribution in [1.29, 1.82) is 0 Å². The second-order valence-corrected chi connectivity index (χ2v) is 8.97. The maximum absolute atomic E-state index is 12.5. The van der Waals surface area contributed by atoms with Gasteiger partial charge in [-0.3, -0.25) is 4.79 Å². The van der Waals surface area contributed by atoms with Crippen LogP contribution in [-0.2, 0) is 11.2 Å². The number of amides is 1. The molecule has 0 spiro atoms. The molecular weight excluding hydrogens is 488 g/mol. The van der Waals surface area contributed by atoms with Gasteiger partial charge < -0.3 is 24.8 Å². The molecule has 0 fully saturated rings. The van der Waals surface area contributed by atoms with Crippen molar-refractivity contribution in [3.05, 3.63) is 72.3 Å². The molecule has 0 saturated carbocycles. The molecule has 3 aromatic carbocycles. The van der Waals surface area contributed by atoms with Crippen LogP contribution in [0.5, 0.6) is 17.2 Å². The van der Waals surface area contributed by atoms with Gasteiger partial charge in [-0.1, -0.05) is 30.0 Å². The quantitative estimate of drug-likeness (QED) is 0.189. The summed E-state index contributed by atoms with van der Waals surface area (Å²) in [5.41, 5.74) is 2.65. The molecule has 1 heterocycles. The number of aromatic nitrogens is 2. The number of anilines is 2. The fourth-order valence-electron chi connectivity index (χ4n) is 3.74. The molecule has 0 unspecified atom stereocenters. The van der Waals surface area contributed by atoms with Crippen molar-refractivity contribution in [2.24, 2.45) is 0 Å².